The molecule has 1 aliphatic rings. The van der Waals surface area contributed by atoms with Crippen LogP contribution in [0.1, 0.15) is 17.2 Å². The average Bonchev–Trinajstić information content (AvgIpc) is 2.73. The molecule has 0 amide bonds. The zero-order valence-electron chi connectivity index (χ0n) is 15.4. The number of hydrogen-bond donors (Lipinski definition) is 0. The van der Waals surface area contributed by atoms with E-state index >= 15 is 0 Å². The van der Waals surface area contributed by atoms with E-state index in [9.17, 15) is 0 Å². The van der Waals surface area contributed by atoms with E-state index in [2.05, 4.69) is 27.0 Å². The quantitative estimate of drug-likeness (QED) is 0.585. The van der Waals surface area contributed by atoms with Crippen molar-refractivity contribution in [1.29, 1.82) is 0 Å². The Kier molecular flexibility index (Phi) is 6.23. The molecule has 6 heteroatoms. The van der Waals surface area contributed by atoms with Crippen LogP contribution in [-0.4, -0.2) is 41.2 Å². The number of benzene rings is 1. The van der Waals surface area contributed by atoms with Crippen LogP contribution in [-0.2, 0) is 11.2 Å². The number of nitrogens with zero attached hydrogens (tertiary/aromatic N) is 3. The van der Waals surface area contributed by atoms with E-state index in [1.54, 1.807) is 6.07 Å². The smallest absolute Gasteiger partial charge is 0.0735 e. The lowest BCUT2D eigenvalue weighted by Gasteiger charge is -2.35. The number of ether oxygens (including phenoxy) is 1. The number of rotatable bonds is 5. The molecule has 0 saturated carbocycles. The summed E-state index contributed by atoms with van der Waals surface area (Å²) in [6, 6.07) is 14.0. The largest absolute Gasteiger partial charge is 0.379 e. The molecule has 1 unspecified atom stereocenters. The van der Waals surface area contributed by atoms with E-state index in [0.29, 0.717) is 10.0 Å². The highest BCUT2D eigenvalue weighted by molar-refractivity contribution is 6.35. The fraction of sp³-hybridized carbons (Fsp3) is 0.273. The van der Waals surface area contributed by atoms with Crippen molar-refractivity contribution in [3.8, 4) is 11.3 Å². The maximum absolute atomic E-state index is 6.23. The second-order valence-corrected chi connectivity index (χ2v) is 7.70. The molecule has 3 heterocycles. The number of hydrogen-bond acceptors (Lipinski definition) is 4. The molecule has 0 aliphatic carbocycles. The Balaban J connectivity index is 1.71. The summed E-state index contributed by atoms with van der Waals surface area (Å²) in [5.74, 6) is 0. The van der Waals surface area contributed by atoms with Crippen LogP contribution in [0.5, 0.6) is 0 Å². The van der Waals surface area contributed by atoms with Crippen LogP contribution in [0.25, 0.3) is 11.3 Å². The summed E-state index contributed by atoms with van der Waals surface area (Å²) in [6.07, 6.45) is 6.39. The van der Waals surface area contributed by atoms with E-state index in [1.807, 2.05) is 42.9 Å². The highest BCUT2D eigenvalue weighted by Gasteiger charge is 2.24. The zero-order valence-corrected chi connectivity index (χ0v) is 16.9. The Labute approximate surface area is 175 Å². The van der Waals surface area contributed by atoms with Crippen molar-refractivity contribution in [2.75, 3.05) is 26.3 Å². The molecule has 0 bridgehead atoms. The molecule has 28 heavy (non-hydrogen) atoms. The fourth-order valence-corrected chi connectivity index (χ4v) is 4.21. The van der Waals surface area contributed by atoms with Gasteiger partial charge in [0.1, 0.15) is 0 Å². The molecule has 4 rings (SSSR count). The second kappa shape index (κ2) is 9.01. The first kappa shape index (κ1) is 19.3. The Morgan fingerprint density at radius 3 is 2.46 bits per heavy atom. The van der Waals surface area contributed by atoms with Gasteiger partial charge in [-0.15, -0.1) is 0 Å². The summed E-state index contributed by atoms with van der Waals surface area (Å²) in [4.78, 5) is 11.4. The first-order valence-corrected chi connectivity index (χ1v) is 10.1. The second-order valence-electron chi connectivity index (χ2n) is 6.82. The first-order chi connectivity index (χ1) is 13.7. The van der Waals surface area contributed by atoms with Gasteiger partial charge in [0.2, 0.25) is 0 Å². The molecular weight excluding hydrogens is 393 g/mol. The van der Waals surface area contributed by atoms with Gasteiger partial charge in [0.15, 0.2) is 0 Å². The minimum atomic E-state index is 0.204. The van der Waals surface area contributed by atoms with Crippen molar-refractivity contribution >= 4 is 23.2 Å². The summed E-state index contributed by atoms with van der Waals surface area (Å²) < 4.78 is 5.56. The van der Waals surface area contributed by atoms with Crippen LogP contribution in [0.2, 0.25) is 10.0 Å². The van der Waals surface area contributed by atoms with Crippen molar-refractivity contribution in [3.63, 3.8) is 0 Å². The van der Waals surface area contributed by atoms with E-state index in [4.69, 9.17) is 27.9 Å². The molecule has 4 nitrogen and oxygen atoms in total. The molecule has 1 fully saturated rings. The van der Waals surface area contributed by atoms with Gasteiger partial charge in [-0.2, -0.15) is 0 Å². The maximum Gasteiger partial charge on any atom is 0.0735 e. The predicted molar refractivity (Wildman–Crippen MR) is 113 cm³/mol. The topological polar surface area (TPSA) is 38.2 Å². The molecule has 1 aromatic carbocycles. The van der Waals surface area contributed by atoms with Gasteiger partial charge < -0.3 is 4.74 Å². The van der Waals surface area contributed by atoms with Crippen molar-refractivity contribution in [3.05, 3.63) is 82.2 Å². The van der Waals surface area contributed by atoms with Crippen molar-refractivity contribution in [2.24, 2.45) is 0 Å². The number of aromatic nitrogens is 2. The monoisotopic (exact) mass is 413 g/mol. The van der Waals surface area contributed by atoms with Gasteiger partial charge in [-0.1, -0.05) is 35.3 Å². The third-order valence-electron chi connectivity index (χ3n) is 5.00. The molecule has 3 aromatic rings. The molecular formula is C22H21Cl2N3O. The maximum atomic E-state index is 6.23. The van der Waals surface area contributed by atoms with Crippen LogP contribution >= 0.6 is 23.2 Å². The molecule has 1 aliphatic heterocycles. The van der Waals surface area contributed by atoms with Gasteiger partial charge in [-0.25, -0.2) is 0 Å². The van der Waals surface area contributed by atoms with Gasteiger partial charge in [-0.3, -0.25) is 14.9 Å². The third kappa shape index (κ3) is 4.53. The zero-order chi connectivity index (χ0) is 19.3. The van der Waals surface area contributed by atoms with Crippen molar-refractivity contribution in [2.45, 2.75) is 12.5 Å². The SMILES string of the molecule is Clc1cc(Cl)cc(-c2ncccc2CC(c2cccnc2)N2CCOCC2)c1. The normalized spacial score (nSPS) is 16.1. The third-order valence-corrected chi connectivity index (χ3v) is 5.43. The van der Waals surface area contributed by atoms with Crippen LogP contribution in [0.4, 0.5) is 0 Å². The van der Waals surface area contributed by atoms with Crippen LogP contribution in [0, 0.1) is 0 Å². The summed E-state index contributed by atoms with van der Waals surface area (Å²) in [6.45, 7) is 3.30. The fourth-order valence-electron chi connectivity index (χ4n) is 3.68. The number of pyridine rings is 2. The summed E-state index contributed by atoms with van der Waals surface area (Å²) in [5.41, 5.74) is 4.19. The lowest BCUT2D eigenvalue weighted by molar-refractivity contribution is 0.0160. The Morgan fingerprint density at radius 2 is 1.75 bits per heavy atom. The van der Waals surface area contributed by atoms with Gasteiger partial charge in [0, 0.05) is 53.3 Å². The molecule has 1 saturated heterocycles. The van der Waals surface area contributed by atoms with Gasteiger partial charge in [0.25, 0.3) is 0 Å². The molecule has 0 radical (unpaired) electrons. The lowest BCUT2D eigenvalue weighted by atomic mass is 9.95. The van der Waals surface area contributed by atoms with E-state index in [0.717, 1.165) is 49.5 Å². The Morgan fingerprint density at radius 1 is 1.00 bits per heavy atom. The summed E-state index contributed by atoms with van der Waals surface area (Å²) in [7, 11) is 0. The minimum absolute atomic E-state index is 0.204. The molecule has 144 valence electrons. The van der Waals surface area contributed by atoms with Crippen LogP contribution < -0.4 is 0 Å². The Hall–Kier alpha value is -1.98. The van der Waals surface area contributed by atoms with Gasteiger partial charge in [0.05, 0.1) is 18.9 Å². The minimum Gasteiger partial charge on any atom is -0.379 e. The summed E-state index contributed by atoms with van der Waals surface area (Å²) >= 11 is 12.5. The molecule has 0 spiro atoms. The molecule has 2 aromatic heterocycles. The summed E-state index contributed by atoms with van der Waals surface area (Å²) in [5, 5.41) is 1.21. The lowest BCUT2D eigenvalue weighted by Crippen LogP contribution is -2.40. The van der Waals surface area contributed by atoms with Gasteiger partial charge in [-0.05, 0) is 47.9 Å². The number of halogens is 2. The highest BCUT2D eigenvalue weighted by atomic mass is 35.5. The predicted octanol–water partition coefficient (Wildman–Crippen LogP) is 5.07. The van der Waals surface area contributed by atoms with E-state index in [1.165, 1.54) is 5.56 Å². The van der Waals surface area contributed by atoms with Crippen LogP contribution in [0.3, 0.4) is 0 Å². The first-order valence-electron chi connectivity index (χ1n) is 9.33. The van der Waals surface area contributed by atoms with E-state index < -0.39 is 0 Å². The van der Waals surface area contributed by atoms with Crippen molar-refractivity contribution in [1.82, 2.24) is 14.9 Å². The van der Waals surface area contributed by atoms with E-state index in [-0.39, 0.29) is 6.04 Å². The standard InChI is InChI=1S/C22H21Cl2N3O/c23-19-11-18(12-20(24)14-19)22-16(3-2-6-26-22)13-21(17-4-1-5-25-15-17)27-7-9-28-10-8-27/h1-6,11-12,14-15,21H,7-10,13H2. The number of morpholine rings is 1. The highest BCUT2D eigenvalue weighted by Crippen LogP contribution is 2.32. The molecule has 1 atom stereocenters. The average molecular weight is 414 g/mol. The molecule has 0 N–H and O–H groups in total. The van der Waals surface area contributed by atoms with Gasteiger partial charge >= 0.3 is 0 Å². The van der Waals surface area contributed by atoms with Crippen LogP contribution in [0.15, 0.2) is 61.1 Å². The van der Waals surface area contributed by atoms with Crippen molar-refractivity contribution < 1.29 is 4.74 Å². The Bertz CT molecular complexity index is 910.